The Labute approximate surface area is 97.2 Å². The van der Waals surface area contributed by atoms with Crippen LogP contribution in [0.15, 0.2) is 0 Å². The molecule has 0 aromatic rings. The second kappa shape index (κ2) is 6.74. The number of thiocarbonyl (C=S) groups is 1. The molecule has 15 heavy (non-hydrogen) atoms. The van der Waals surface area contributed by atoms with Crippen molar-refractivity contribution < 1.29 is 4.79 Å². The van der Waals surface area contributed by atoms with Crippen LogP contribution in [-0.2, 0) is 4.79 Å². The average Bonchev–Trinajstić information content (AvgIpc) is 2.01. The zero-order valence-electron chi connectivity index (χ0n) is 9.91. The summed E-state index contributed by atoms with van der Waals surface area (Å²) in [5, 5.41) is 2.83. The molecular formula is C10H21N3OS. The van der Waals surface area contributed by atoms with Gasteiger partial charge >= 0.3 is 0 Å². The third-order valence-corrected chi connectivity index (χ3v) is 2.37. The van der Waals surface area contributed by atoms with Gasteiger partial charge in [0.2, 0.25) is 5.91 Å². The summed E-state index contributed by atoms with van der Waals surface area (Å²) in [6, 6.07) is 0. The van der Waals surface area contributed by atoms with Crippen molar-refractivity contribution in [2.45, 2.75) is 13.8 Å². The maximum Gasteiger partial charge on any atom is 0.230 e. The molecule has 0 saturated heterocycles. The summed E-state index contributed by atoms with van der Waals surface area (Å²) < 4.78 is 0. The quantitative estimate of drug-likeness (QED) is 0.642. The number of amides is 1. The van der Waals surface area contributed by atoms with Gasteiger partial charge in [0.15, 0.2) is 0 Å². The molecule has 0 spiro atoms. The Morgan fingerprint density at radius 3 is 2.33 bits per heavy atom. The van der Waals surface area contributed by atoms with Gasteiger partial charge < -0.3 is 16.0 Å². The summed E-state index contributed by atoms with van der Waals surface area (Å²) >= 11 is 4.88. The fourth-order valence-electron chi connectivity index (χ4n) is 1.27. The molecule has 1 amide bonds. The lowest BCUT2D eigenvalue weighted by Gasteiger charge is -2.19. The Balaban J connectivity index is 4.10. The Morgan fingerprint density at radius 2 is 2.00 bits per heavy atom. The largest absolute Gasteiger partial charge is 0.393 e. The van der Waals surface area contributed by atoms with Gasteiger partial charge in [-0.25, -0.2) is 0 Å². The van der Waals surface area contributed by atoms with Crippen molar-refractivity contribution in [3.05, 3.63) is 0 Å². The van der Waals surface area contributed by atoms with E-state index in [-0.39, 0.29) is 22.7 Å². The van der Waals surface area contributed by atoms with Gasteiger partial charge in [-0.3, -0.25) is 4.79 Å². The number of rotatable bonds is 6. The third-order valence-electron chi connectivity index (χ3n) is 2.11. The molecule has 3 N–H and O–H groups in total. The lowest BCUT2D eigenvalue weighted by molar-refractivity contribution is -0.124. The highest BCUT2D eigenvalue weighted by molar-refractivity contribution is 7.80. The van der Waals surface area contributed by atoms with Gasteiger partial charge in [-0.15, -0.1) is 0 Å². The van der Waals surface area contributed by atoms with Crippen molar-refractivity contribution in [1.82, 2.24) is 10.2 Å². The van der Waals surface area contributed by atoms with Crippen molar-refractivity contribution in [1.29, 1.82) is 0 Å². The highest BCUT2D eigenvalue weighted by atomic mass is 32.1. The molecule has 0 aromatic heterocycles. The molecule has 0 saturated carbocycles. The summed E-state index contributed by atoms with van der Waals surface area (Å²) in [6.07, 6.45) is 0. The highest BCUT2D eigenvalue weighted by Crippen LogP contribution is 2.10. The van der Waals surface area contributed by atoms with E-state index in [9.17, 15) is 4.79 Å². The molecule has 5 heteroatoms. The van der Waals surface area contributed by atoms with Gasteiger partial charge in [0, 0.05) is 13.1 Å². The molecule has 0 rings (SSSR count). The number of nitrogens with one attached hydrogen (secondary N) is 1. The molecule has 0 bridgehead atoms. The number of hydrogen-bond donors (Lipinski definition) is 2. The Hall–Kier alpha value is -0.680. The zero-order valence-corrected chi connectivity index (χ0v) is 10.7. The summed E-state index contributed by atoms with van der Waals surface area (Å²) in [5.41, 5.74) is 5.53. The van der Waals surface area contributed by atoms with Crippen LogP contribution in [0.2, 0.25) is 0 Å². The monoisotopic (exact) mass is 231 g/mol. The van der Waals surface area contributed by atoms with Crippen LogP contribution >= 0.6 is 12.2 Å². The predicted molar refractivity (Wildman–Crippen MR) is 66.7 cm³/mol. The Kier molecular flexibility index (Phi) is 6.43. The second-order valence-corrected chi connectivity index (χ2v) is 4.69. The van der Waals surface area contributed by atoms with Crippen LogP contribution in [0.1, 0.15) is 13.8 Å². The number of hydrogen-bond acceptors (Lipinski definition) is 3. The molecule has 88 valence electrons. The minimum atomic E-state index is -0.359. The van der Waals surface area contributed by atoms with Crippen molar-refractivity contribution in [2.24, 2.45) is 17.6 Å². The molecule has 1 unspecified atom stereocenters. The van der Waals surface area contributed by atoms with E-state index in [1.807, 2.05) is 32.8 Å². The van der Waals surface area contributed by atoms with Crippen molar-refractivity contribution in [3.63, 3.8) is 0 Å². The number of nitrogens with two attached hydrogens (primary N) is 1. The first-order valence-corrected chi connectivity index (χ1v) is 5.48. The second-order valence-electron chi connectivity index (χ2n) is 4.22. The van der Waals surface area contributed by atoms with Crippen molar-refractivity contribution >= 4 is 23.1 Å². The van der Waals surface area contributed by atoms with Gasteiger partial charge in [0.1, 0.15) is 0 Å². The van der Waals surface area contributed by atoms with E-state index >= 15 is 0 Å². The maximum absolute atomic E-state index is 11.7. The van der Waals surface area contributed by atoms with E-state index in [0.29, 0.717) is 6.54 Å². The topological polar surface area (TPSA) is 58.4 Å². The van der Waals surface area contributed by atoms with E-state index in [1.165, 1.54) is 0 Å². The number of carbonyl (C=O) groups is 1. The number of nitrogens with zero attached hydrogens (tertiary/aromatic N) is 1. The molecule has 0 aromatic carbocycles. The van der Waals surface area contributed by atoms with Gasteiger partial charge in [-0.05, 0) is 20.0 Å². The SMILES string of the molecule is CC(C)C(C(=O)NCCN(C)C)C(N)=S. The smallest absolute Gasteiger partial charge is 0.230 e. The van der Waals surface area contributed by atoms with Crippen molar-refractivity contribution in [2.75, 3.05) is 27.2 Å². The van der Waals surface area contributed by atoms with Gasteiger partial charge in [0.25, 0.3) is 0 Å². The normalized spacial score (nSPS) is 12.9. The van der Waals surface area contributed by atoms with E-state index in [1.54, 1.807) is 0 Å². The Bertz CT molecular complexity index is 229. The van der Waals surface area contributed by atoms with Gasteiger partial charge in [-0.2, -0.15) is 0 Å². The first-order chi connectivity index (χ1) is 6.86. The molecule has 0 aliphatic rings. The number of likely N-dealkylation sites (N-methyl/N-ethyl adjacent to an activating group) is 1. The highest BCUT2D eigenvalue weighted by Gasteiger charge is 2.24. The average molecular weight is 231 g/mol. The van der Waals surface area contributed by atoms with Crippen LogP contribution < -0.4 is 11.1 Å². The number of carbonyl (C=O) groups excluding carboxylic acids is 1. The van der Waals surface area contributed by atoms with Crippen LogP contribution in [-0.4, -0.2) is 43.0 Å². The minimum Gasteiger partial charge on any atom is -0.393 e. The summed E-state index contributed by atoms with van der Waals surface area (Å²) in [5.74, 6) is -0.289. The molecule has 0 aliphatic heterocycles. The lowest BCUT2D eigenvalue weighted by atomic mass is 9.95. The predicted octanol–water partition coefficient (Wildman–Crippen LogP) is 0.223. The fourth-order valence-corrected chi connectivity index (χ4v) is 1.65. The fraction of sp³-hybridized carbons (Fsp3) is 0.800. The first kappa shape index (κ1) is 14.3. The lowest BCUT2D eigenvalue weighted by Crippen LogP contribution is -2.42. The zero-order chi connectivity index (χ0) is 12.0. The summed E-state index contributed by atoms with van der Waals surface area (Å²) in [4.78, 5) is 14.0. The third kappa shape index (κ3) is 5.69. The molecule has 0 aliphatic carbocycles. The van der Waals surface area contributed by atoms with Gasteiger partial charge in [-0.1, -0.05) is 26.1 Å². The van der Waals surface area contributed by atoms with Crippen LogP contribution in [0.3, 0.4) is 0 Å². The van der Waals surface area contributed by atoms with E-state index < -0.39 is 0 Å². The van der Waals surface area contributed by atoms with Crippen LogP contribution in [0.25, 0.3) is 0 Å². The Morgan fingerprint density at radius 1 is 1.47 bits per heavy atom. The summed E-state index contributed by atoms with van der Waals surface area (Å²) in [6.45, 7) is 5.32. The van der Waals surface area contributed by atoms with Gasteiger partial charge in [0.05, 0.1) is 10.9 Å². The van der Waals surface area contributed by atoms with E-state index in [4.69, 9.17) is 18.0 Å². The van der Waals surface area contributed by atoms with E-state index in [0.717, 1.165) is 6.54 Å². The van der Waals surface area contributed by atoms with Crippen LogP contribution in [0.4, 0.5) is 0 Å². The van der Waals surface area contributed by atoms with Crippen LogP contribution in [0, 0.1) is 11.8 Å². The minimum absolute atomic E-state index is 0.0700. The standard InChI is InChI=1S/C10H21N3OS/c1-7(2)8(9(11)15)10(14)12-5-6-13(3)4/h7-8H,5-6H2,1-4H3,(H2,11,15)(H,12,14). The van der Waals surface area contributed by atoms with E-state index in [2.05, 4.69) is 5.32 Å². The molecule has 4 nitrogen and oxygen atoms in total. The molecule has 1 atom stereocenters. The van der Waals surface area contributed by atoms with Crippen LogP contribution in [0.5, 0.6) is 0 Å². The molecule has 0 heterocycles. The molecule has 0 radical (unpaired) electrons. The molecule has 0 fully saturated rings. The first-order valence-electron chi connectivity index (χ1n) is 5.08. The molecular weight excluding hydrogens is 210 g/mol. The maximum atomic E-state index is 11.7. The summed E-state index contributed by atoms with van der Waals surface area (Å²) in [7, 11) is 3.92. The van der Waals surface area contributed by atoms with Crippen molar-refractivity contribution in [3.8, 4) is 0 Å².